The van der Waals surface area contributed by atoms with Gasteiger partial charge in [0.1, 0.15) is 0 Å². The van der Waals surface area contributed by atoms with Crippen LogP contribution in [0.1, 0.15) is 6.42 Å². The van der Waals surface area contributed by atoms with Gasteiger partial charge < -0.3 is 8.67 Å². The van der Waals surface area contributed by atoms with Crippen LogP contribution in [0, 0.1) is 0 Å². The molecule has 0 aromatic rings. The molecule has 0 aromatic heterocycles. The van der Waals surface area contributed by atoms with E-state index in [1.807, 2.05) is 0 Å². The molecular formula is C7H18NOS+. The Balaban J connectivity index is 3.04. The van der Waals surface area contributed by atoms with Crippen molar-refractivity contribution in [3.05, 3.63) is 0 Å². The Morgan fingerprint density at radius 2 is 1.90 bits per heavy atom. The zero-order valence-electron chi connectivity index (χ0n) is 7.39. The van der Waals surface area contributed by atoms with E-state index >= 15 is 0 Å². The van der Waals surface area contributed by atoms with Crippen LogP contribution < -0.4 is 0 Å². The standard InChI is InChI=1S/C7H18NOS/c1-8(2,3)6-5-7-10-9-4/h5-7H2,1-4H3/q+1. The summed E-state index contributed by atoms with van der Waals surface area (Å²) in [5.74, 6) is 1.10. The normalized spacial score (nSPS) is 12.0. The van der Waals surface area contributed by atoms with E-state index in [-0.39, 0.29) is 0 Å². The number of quaternary nitrogens is 1. The van der Waals surface area contributed by atoms with Crippen LogP contribution in [-0.4, -0.2) is 45.0 Å². The molecule has 0 heterocycles. The van der Waals surface area contributed by atoms with Crippen LogP contribution in [0.4, 0.5) is 0 Å². The topological polar surface area (TPSA) is 9.23 Å². The summed E-state index contributed by atoms with van der Waals surface area (Å²) in [5, 5.41) is 0. The van der Waals surface area contributed by atoms with E-state index < -0.39 is 0 Å². The Labute approximate surface area is 68.3 Å². The summed E-state index contributed by atoms with van der Waals surface area (Å²) in [6.45, 7) is 1.22. The van der Waals surface area contributed by atoms with Gasteiger partial charge in [0.25, 0.3) is 0 Å². The van der Waals surface area contributed by atoms with Crippen LogP contribution in [0.25, 0.3) is 0 Å². The van der Waals surface area contributed by atoms with Crippen molar-refractivity contribution >= 4 is 12.0 Å². The van der Waals surface area contributed by atoms with Gasteiger partial charge in [0.05, 0.1) is 34.8 Å². The lowest BCUT2D eigenvalue weighted by molar-refractivity contribution is -0.870. The first-order valence-corrected chi connectivity index (χ1v) is 4.43. The molecule has 0 rings (SSSR count). The molecule has 2 nitrogen and oxygen atoms in total. The zero-order valence-corrected chi connectivity index (χ0v) is 8.20. The Kier molecular flexibility index (Phi) is 5.13. The molecule has 3 heteroatoms. The predicted octanol–water partition coefficient (Wildman–Crippen LogP) is 1.38. The van der Waals surface area contributed by atoms with Crippen molar-refractivity contribution in [2.75, 3.05) is 40.6 Å². The van der Waals surface area contributed by atoms with Gasteiger partial charge >= 0.3 is 0 Å². The molecule has 0 radical (unpaired) electrons. The zero-order chi connectivity index (χ0) is 8.04. The Morgan fingerprint density at radius 3 is 2.30 bits per heavy atom. The molecule has 10 heavy (non-hydrogen) atoms. The third-order valence-corrected chi connectivity index (χ3v) is 1.87. The van der Waals surface area contributed by atoms with Crippen molar-refractivity contribution in [1.82, 2.24) is 0 Å². The Hall–Kier alpha value is 0.270. The summed E-state index contributed by atoms with van der Waals surface area (Å²) in [4.78, 5) is 0. The maximum absolute atomic E-state index is 4.87. The quantitative estimate of drug-likeness (QED) is 0.345. The number of hydrogen-bond donors (Lipinski definition) is 0. The molecule has 0 amide bonds. The van der Waals surface area contributed by atoms with Gasteiger partial charge in [-0.25, -0.2) is 0 Å². The van der Waals surface area contributed by atoms with Crippen molar-refractivity contribution in [3.63, 3.8) is 0 Å². The third-order valence-electron chi connectivity index (χ3n) is 1.17. The Bertz CT molecular complexity index is 80.2. The highest BCUT2D eigenvalue weighted by Crippen LogP contribution is 2.03. The van der Waals surface area contributed by atoms with Crippen molar-refractivity contribution in [2.45, 2.75) is 6.42 Å². The highest BCUT2D eigenvalue weighted by molar-refractivity contribution is 7.94. The lowest BCUT2D eigenvalue weighted by Crippen LogP contribution is -2.35. The Morgan fingerprint density at radius 1 is 1.30 bits per heavy atom. The van der Waals surface area contributed by atoms with Gasteiger partial charge in [0, 0.05) is 12.2 Å². The van der Waals surface area contributed by atoms with Crippen LogP contribution in [0.15, 0.2) is 0 Å². The molecular weight excluding hydrogens is 146 g/mol. The first-order chi connectivity index (χ1) is 4.56. The summed E-state index contributed by atoms with van der Waals surface area (Å²) in [6, 6.07) is 0. The molecule has 0 fully saturated rings. The van der Waals surface area contributed by atoms with Gasteiger partial charge in [-0.3, -0.25) is 0 Å². The second-order valence-electron chi connectivity index (χ2n) is 3.36. The maximum Gasteiger partial charge on any atom is 0.0789 e. The minimum Gasteiger partial charge on any atom is -0.331 e. The molecule has 0 aliphatic heterocycles. The minimum atomic E-state index is 1.05. The molecule has 0 N–H and O–H groups in total. The van der Waals surface area contributed by atoms with Crippen molar-refractivity contribution in [1.29, 1.82) is 0 Å². The van der Waals surface area contributed by atoms with Crippen LogP contribution >= 0.6 is 12.0 Å². The fraction of sp³-hybridized carbons (Fsp3) is 1.00. The van der Waals surface area contributed by atoms with E-state index in [9.17, 15) is 0 Å². The molecule has 0 saturated heterocycles. The minimum absolute atomic E-state index is 1.05. The highest BCUT2D eigenvalue weighted by Gasteiger charge is 2.04. The van der Waals surface area contributed by atoms with E-state index in [4.69, 9.17) is 4.18 Å². The molecule has 0 aromatic carbocycles. The second-order valence-corrected chi connectivity index (χ2v) is 4.33. The van der Waals surface area contributed by atoms with Gasteiger partial charge in [-0.2, -0.15) is 0 Å². The van der Waals surface area contributed by atoms with Crippen LogP contribution in [-0.2, 0) is 4.18 Å². The molecule has 62 valence electrons. The lowest BCUT2D eigenvalue weighted by atomic mass is 10.4. The first-order valence-electron chi connectivity index (χ1n) is 3.52. The van der Waals surface area contributed by atoms with E-state index in [1.54, 1.807) is 7.11 Å². The predicted molar refractivity (Wildman–Crippen MR) is 47.0 cm³/mol. The molecule has 0 unspecified atom stereocenters. The lowest BCUT2D eigenvalue weighted by Gasteiger charge is -2.23. The average molecular weight is 164 g/mol. The fourth-order valence-corrected chi connectivity index (χ4v) is 1.09. The summed E-state index contributed by atoms with van der Waals surface area (Å²) < 4.78 is 5.91. The summed E-state index contributed by atoms with van der Waals surface area (Å²) in [5.41, 5.74) is 0. The van der Waals surface area contributed by atoms with Gasteiger partial charge in [-0.15, -0.1) is 0 Å². The second kappa shape index (κ2) is 4.99. The number of rotatable bonds is 5. The average Bonchev–Trinajstić information content (AvgIpc) is 1.78. The molecule has 0 saturated carbocycles. The highest BCUT2D eigenvalue weighted by atomic mass is 32.2. The van der Waals surface area contributed by atoms with Crippen molar-refractivity contribution < 1.29 is 8.67 Å². The first kappa shape index (κ1) is 10.3. The van der Waals surface area contributed by atoms with Gasteiger partial charge in [0.15, 0.2) is 0 Å². The van der Waals surface area contributed by atoms with E-state index in [0.717, 1.165) is 10.2 Å². The van der Waals surface area contributed by atoms with Gasteiger partial charge in [-0.05, 0) is 12.0 Å². The molecule has 0 aliphatic rings. The van der Waals surface area contributed by atoms with E-state index in [2.05, 4.69) is 21.1 Å². The molecule has 0 atom stereocenters. The smallest absolute Gasteiger partial charge is 0.0789 e. The van der Waals surface area contributed by atoms with Crippen molar-refractivity contribution in [3.8, 4) is 0 Å². The van der Waals surface area contributed by atoms with Crippen LogP contribution in [0.5, 0.6) is 0 Å². The van der Waals surface area contributed by atoms with E-state index in [1.165, 1.54) is 25.0 Å². The van der Waals surface area contributed by atoms with Crippen LogP contribution in [0.2, 0.25) is 0 Å². The monoisotopic (exact) mass is 164 g/mol. The largest absolute Gasteiger partial charge is 0.331 e. The summed E-state index contributed by atoms with van der Waals surface area (Å²) in [6.07, 6.45) is 1.22. The summed E-state index contributed by atoms with van der Waals surface area (Å²) in [7, 11) is 8.34. The van der Waals surface area contributed by atoms with Gasteiger partial charge in [-0.1, -0.05) is 0 Å². The molecule has 0 bridgehead atoms. The van der Waals surface area contributed by atoms with Crippen LogP contribution in [0.3, 0.4) is 0 Å². The van der Waals surface area contributed by atoms with Gasteiger partial charge in [0.2, 0.25) is 0 Å². The number of nitrogens with zero attached hydrogens (tertiary/aromatic N) is 1. The maximum atomic E-state index is 4.87. The van der Waals surface area contributed by atoms with Crippen molar-refractivity contribution in [2.24, 2.45) is 0 Å². The molecule has 0 aliphatic carbocycles. The number of hydrogen-bond acceptors (Lipinski definition) is 2. The van der Waals surface area contributed by atoms with E-state index in [0.29, 0.717) is 0 Å². The SMILES string of the molecule is COSCCC[N+](C)(C)C. The third kappa shape index (κ3) is 8.27. The fourth-order valence-electron chi connectivity index (χ4n) is 0.681. The summed E-state index contributed by atoms with van der Waals surface area (Å²) >= 11 is 1.54. The molecule has 0 spiro atoms.